The highest BCUT2D eigenvalue weighted by atomic mass is 16.7. The first-order valence-electron chi connectivity index (χ1n) is 45.9. The third-order valence-electron chi connectivity index (χ3n) is 21.0. The van der Waals surface area contributed by atoms with E-state index in [1.54, 1.807) is 0 Å². The maximum absolute atomic E-state index is 12.8. The molecule has 0 aliphatic carbocycles. The number of hydrogen-bond donors (Lipinski definition) is 2. The van der Waals surface area contributed by atoms with Gasteiger partial charge in [-0.25, -0.2) is 9.59 Å². The Labute approximate surface area is 671 Å². The molecular weight excluding hydrogens is 1380 g/mol. The first-order chi connectivity index (χ1) is 53.0. The molecular formula is C90H178N4O15. The van der Waals surface area contributed by atoms with E-state index < -0.39 is 18.3 Å². The van der Waals surface area contributed by atoms with Crippen molar-refractivity contribution < 1.29 is 72.1 Å². The second-order valence-corrected chi connectivity index (χ2v) is 30.8. The number of carboxylic acid groups (broad SMARTS) is 1. The molecule has 0 spiro atoms. The van der Waals surface area contributed by atoms with E-state index in [4.69, 9.17) is 38.3 Å². The molecule has 648 valence electrons. The van der Waals surface area contributed by atoms with Crippen molar-refractivity contribution in [2.75, 3.05) is 118 Å². The zero-order valence-corrected chi connectivity index (χ0v) is 73.4. The number of hydrogen-bond acceptors (Lipinski definition) is 18. The van der Waals surface area contributed by atoms with E-state index in [1.165, 1.54) is 128 Å². The minimum atomic E-state index is -0.682. The van der Waals surface area contributed by atoms with E-state index in [0.717, 1.165) is 219 Å². The molecule has 0 aromatic rings. The van der Waals surface area contributed by atoms with Gasteiger partial charge in [-0.2, -0.15) is 0 Å². The lowest BCUT2D eigenvalue weighted by molar-refractivity contribution is -0.146. The predicted molar refractivity (Wildman–Crippen MR) is 452 cm³/mol. The number of aliphatic hydroxyl groups is 1. The van der Waals surface area contributed by atoms with Crippen molar-refractivity contribution in [3.05, 3.63) is 0 Å². The van der Waals surface area contributed by atoms with Crippen molar-refractivity contribution >= 4 is 36.2 Å². The number of unbranched alkanes of at least 4 members (excludes halogenated alkanes) is 28. The Kier molecular flexibility index (Phi) is 86.9. The summed E-state index contributed by atoms with van der Waals surface area (Å²) in [7, 11) is 0. The maximum atomic E-state index is 12.8. The molecule has 109 heavy (non-hydrogen) atoms. The molecule has 0 fully saturated rings. The molecule has 0 aromatic heterocycles. The number of carbonyl (C=O) groups excluding carboxylic acids is 5. The number of nitrogens with zero attached hydrogens (tertiary/aromatic N) is 4. The van der Waals surface area contributed by atoms with Gasteiger partial charge in [-0.1, -0.05) is 276 Å². The fourth-order valence-electron chi connectivity index (χ4n) is 13.4. The zero-order chi connectivity index (χ0) is 81.1. The van der Waals surface area contributed by atoms with E-state index in [1.807, 2.05) is 0 Å². The van der Waals surface area contributed by atoms with Gasteiger partial charge in [-0.05, 0) is 141 Å². The van der Waals surface area contributed by atoms with Gasteiger partial charge < -0.3 is 53.2 Å². The van der Waals surface area contributed by atoms with E-state index in [9.17, 15) is 33.9 Å². The molecule has 0 radical (unpaired) electrons. The topological polar surface area (TPSA) is 220 Å². The number of rotatable bonds is 79. The summed E-state index contributed by atoms with van der Waals surface area (Å²) in [6, 6.07) is 0. The molecule has 0 aromatic carbocycles. The van der Waals surface area contributed by atoms with E-state index in [2.05, 4.69) is 103 Å². The molecule has 0 bridgehead atoms. The molecule has 0 amide bonds. The molecule has 4 unspecified atom stereocenters. The van der Waals surface area contributed by atoms with E-state index in [0.29, 0.717) is 83.5 Å². The Bertz CT molecular complexity index is 1970. The lowest BCUT2D eigenvalue weighted by Gasteiger charge is -2.26. The van der Waals surface area contributed by atoms with Crippen LogP contribution in [0.2, 0.25) is 0 Å². The van der Waals surface area contributed by atoms with Crippen LogP contribution in [0, 0.1) is 11.8 Å². The summed E-state index contributed by atoms with van der Waals surface area (Å²) in [6.07, 6.45) is 51.3. The minimum Gasteiger partial charge on any atom is -0.481 e. The van der Waals surface area contributed by atoms with Crippen LogP contribution in [0.1, 0.15) is 404 Å². The molecule has 0 heterocycles. The second-order valence-electron chi connectivity index (χ2n) is 30.8. The van der Waals surface area contributed by atoms with Crippen LogP contribution >= 0.6 is 0 Å². The fourth-order valence-corrected chi connectivity index (χ4v) is 13.4. The van der Waals surface area contributed by atoms with Gasteiger partial charge in [0.2, 0.25) is 0 Å². The van der Waals surface area contributed by atoms with Gasteiger partial charge in [-0.3, -0.25) is 29.0 Å². The minimum absolute atomic E-state index is 0.0317. The van der Waals surface area contributed by atoms with Gasteiger partial charge in [0.05, 0.1) is 19.8 Å². The number of likely N-dealkylation sites (N-methyl/N-ethyl adjacent to an activating group) is 2. The van der Waals surface area contributed by atoms with Gasteiger partial charge in [0.15, 0.2) is 0 Å². The van der Waals surface area contributed by atoms with Gasteiger partial charge in [0.1, 0.15) is 32.0 Å². The molecule has 0 saturated heterocycles. The van der Waals surface area contributed by atoms with Crippen molar-refractivity contribution in [1.82, 2.24) is 19.6 Å². The Morgan fingerprint density at radius 1 is 0.266 bits per heavy atom. The number of carbonyl (C=O) groups is 6. The summed E-state index contributed by atoms with van der Waals surface area (Å²) in [5.74, 6) is 0.148. The normalized spacial score (nSPS) is 12.4. The first-order valence-corrected chi connectivity index (χ1v) is 45.9. The lowest BCUT2D eigenvalue weighted by Crippen LogP contribution is -2.39. The lowest BCUT2D eigenvalue weighted by atomic mass is 9.96. The number of aliphatic hydroxyl groups excluding tert-OH is 1. The summed E-state index contributed by atoms with van der Waals surface area (Å²) in [5, 5.41) is 17.6. The van der Waals surface area contributed by atoms with Gasteiger partial charge in [0, 0.05) is 78.0 Å². The van der Waals surface area contributed by atoms with Crippen molar-refractivity contribution in [3.63, 3.8) is 0 Å². The first kappa shape index (κ1) is 109. The predicted octanol–water partition coefficient (Wildman–Crippen LogP) is 22.9. The summed E-state index contributed by atoms with van der Waals surface area (Å²) >= 11 is 0. The summed E-state index contributed by atoms with van der Waals surface area (Å²) in [5.41, 5.74) is 0. The number of ether oxygens (including phenoxy) is 7. The van der Waals surface area contributed by atoms with Crippen molar-refractivity contribution in [3.8, 4) is 0 Å². The molecule has 4 atom stereocenters. The van der Waals surface area contributed by atoms with Gasteiger partial charge >= 0.3 is 36.2 Å². The van der Waals surface area contributed by atoms with Crippen LogP contribution in [0.15, 0.2) is 0 Å². The van der Waals surface area contributed by atoms with Gasteiger partial charge in [0.25, 0.3) is 0 Å². The standard InChI is InChI=1S/C45H88N2O7.C39H78N2O6.C6H12O2/c1-7-13-17-24-29-41(28-16-10-4)40-53-44(49)33-27-22-20-19-21-26-31-42(30-25-18-14-8-2)54-45(50)52-39-37-47(35-34-46(11-5)12-6)36-38-51-43(48)32-23-15-9-3;1-6-11-14-20-25-36(24-13-8-3)35-46-38(43)28-23-19-17-16-18-22-27-37(26-21-15-12-7-2)47-39(44)45-34-32-41(31-33-42)30-29-40(9-4)10-5;1-2-3-4-5-6(7)8/h41-42H,7-40H2,1-6H3;36-37,42H,6-35H2,1-5H3;2-5H2,1H3,(H,7,8). The third kappa shape index (κ3) is 79.3. The van der Waals surface area contributed by atoms with Crippen LogP contribution in [-0.4, -0.2) is 196 Å². The number of carboxylic acids is 1. The van der Waals surface area contributed by atoms with Crippen LogP contribution in [0.25, 0.3) is 0 Å². The van der Waals surface area contributed by atoms with Crippen molar-refractivity contribution in [2.24, 2.45) is 11.8 Å². The van der Waals surface area contributed by atoms with Gasteiger partial charge in [-0.15, -0.1) is 0 Å². The van der Waals surface area contributed by atoms with Crippen LogP contribution in [0.3, 0.4) is 0 Å². The average Bonchev–Trinajstić information content (AvgIpc) is 0.986. The highest BCUT2D eigenvalue weighted by Crippen LogP contribution is 2.23. The fraction of sp³-hybridized carbons (Fsp3) is 0.933. The van der Waals surface area contributed by atoms with Crippen LogP contribution < -0.4 is 0 Å². The average molecular weight is 1560 g/mol. The molecule has 0 rings (SSSR count). The monoisotopic (exact) mass is 1560 g/mol. The number of esters is 3. The van der Waals surface area contributed by atoms with E-state index in [-0.39, 0.29) is 49.9 Å². The highest BCUT2D eigenvalue weighted by molar-refractivity contribution is 5.70. The molecule has 0 saturated carbocycles. The smallest absolute Gasteiger partial charge is 0.481 e. The number of aliphatic carboxylic acids is 1. The Hall–Kier alpha value is -3.78. The Balaban J connectivity index is -0.00000188. The van der Waals surface area contributed by atoms with Crippen molar-refractivity contribution in [2.45, 2.75) is 416 Å². The van der Waals surface area contributed by atoms with Crippen LogP contribution in [-0.2, 0) is 52.3 Å². The molecule has 19 heteroatoms. The summed E-state index contributed by atoms with van der Waals surface area (Å²) < 4.78 is 39.6. The van der Waals surface area contributed by atoms with E-state index >= 15 is 0 Å². The van der Waals surface area contributed by atoms with Crippen molar-refractivity contribution in [1.29, 1.82) is 0 Å². The SMILES string of the molecule is CCCCCC(=O)O.CCCCCCC(CCCC)COC(=O)CCCCCCCCC(CCCCCC)OC(=O)OCCN(CCO)CCN(CC)CC.CCCCCCC(CCCC)COC(=O)CCCCCCCCC(CCCCCC)OC(=O)OCCN(CCOC(=O)CCCCC)CCN(CC)CC. The molecule has 2 N–H and O–H groups in total. The zero-order valence-electron chi connectivity index (χ0n) is 73.4. The second kappa shape index (κ2) is 86.6. The molecule has 0 aliphatic heterocycles. The van der Waals surface area contributed by atoms with Crippen LogP contribution in [0.5, 0.6) is 0 Å². The molecule has 19 nitrogen and oxygen atoms in total. The quantitative estimate of drug-likeness (QED) is 0.0328. The third-order valence-corrected chi connectivity index (χ3v) is 21.0. The Morgan fingerprint density at radius 2 is 0.523 bits per heavy atom. The summed E-state index contributed by atoms with van der Waals surface area (Å²) in [6.45, 7) is 38.1. The molecule has 0 aliphatic rings. The van der Waals surface area contributed by atoms with Crippen LogP contribution in [0.4, 0.5) is 9.59 Å². The summed E-state index contributed by atoms with van der Waals surface area (Å²) in [4.78, 5) is 81.1. The Morgan fingerprint density at radius 3 is 0.853 bits per heavy atom. The maximum Gasteiger partial charge on any atom is 0.508 e. The largest absolute Gasteiger partial charge is 0.508 e. The highest BCUT2D eigenvalue weighted by Gasteiger charge is 2.20.